The molecule has 1 aliphatic rings. The number of rotatable bonds is 2. The van der Waals surface area contributed by atoms with Crippen LogP contribution in [0.5, 0.6) is 0 Å². The summed E-state index contributed by atoms with van der Waals surface area (Å²) in [4.78, 5) is 4.23. The van der Waals surface area contributed by atoms with Crippen LogP contribution >= 0.6 is 22.6 Å². The van der Waals surface area contributed by atoms with Crippen molar-refractivity contribution in [3.63, 3.8) is 0 Å². The van der Waals surface area contributed by atoms with Gasteiger partial charge in [0.05, 0.1) is 12.7 Å². The molecule has 0 N–H and O–H groups in total. The van der Waals surface area contributed by atoms with Crippen molar-refractivity contribution in [3.8, 4) is 0 Å². The standard InChI is InChI=1S/C16H16INO/c1-16(11-17)14-7-3-2-5-13(14)10-19-15(16)12-6-4-8-18-9-12/h2-9,15H,10-11H2,1H3/t15-,16-/m0/s1. The molecule has 0 unspecified atom stereocenters. The minimum Gasteiger partial charge on any atom is -0.368 e. The van der Waals surface area contributed by atoms with Gasteiger partial charge >= 0.3 is 0 Å². The molecule has 1 aromatic heterocycles. The van der Waals surface area contributed by atoms with Crippen LogP contribution in [0.15, 0.2) is 48.8 Å². The summed E-state index contributed by atoms with van der Waals surface area (Å²) >= 11 is 2.46. The Kier molecular flexibility index (Phi) is 3.58. The van der Waals surface area contributed by atoms with Crippen LogP contribution in [0.3, 0.4) is 0 Å². The molecule has 0 radical (unpaired) electrons. The van der Waals surface area contributed by atoms with Crippen LogP contribution in [-0.2, 0) is 16.8 Å². The third-order valence-corrected chi connectivity index (χ3v) is 5.47. The Morgan fingerprint density at radius 2 is 2.16 bits per heavy atom. The molecule has 0 bridgehead atoms. The molecular weight excluding hydrogens is 349 g/mol. The van der Waals surface area contributed by atoms with Crippen molar-refractivity contribution in [2.75, 3.05) is 4.43 Å². The zero-order valence-corrected chi connectivity index (χ0v) is 13.0. The summed E-state index contributed by atoms with van der Waals surface area (Å²) in [5.41, 5.74) is 3.88. The summed E-state index contributed by atoms with van der Waals surface area (Å²) in [6.07, 6.45) is 3.80. The second-order valence-corrected chi connectivity index (χ2v) is 5.95. The van der Waals surface area contributed by atoms with Crippen LogP contribution in [0.1, 0.15) is 29.7 Å². The Morgan fingerprint density at radius 1 is 1.32 bits per heavy atom. The van der Waals surface area contributed by atoms with Gasteiger partial charge in [0.1, 0.15) is 0 Å². The van der Waals surface area contributed by atoms with Crippen molar-refractivity contribution in [1.82, 2.24) is 4.98 Å². The molecule has 19 heavy (non-hydrogen) atoms. The molecule has 0 aliphatic carbocycles. The monoisotopic (exact) mass is 365 g/mol. The Balaban J connectivity index is 2.10. The van der Waals surface area contributed by atoms with Crippen LogP contribution in [-0.4, -0.2) is 9.41 Å². The van der Waals surface area contributed by atoms with E-state index in [9.17, 15) is 0 Å². The van der Waals surface area contributed by atoms with E-state index in [1.807, 2.05) is 18.5 Å². The van der Waals surface area contributed by atoms with Crippen LogP contribution < -0.4 is 0 Å². The quantitative estimate of drug-likeness (QED) is 0.592. The van der Waals surface area contributed by atoms with Crippen LogP contribution in [0.25, 0.3) is 0 Å². The summed E-state index contributed by atoms with van der Waals surface area (Å²) in [5, 5.41) is 0. The molecule has 1 aromatic carbocycles. The summed E-state index contributed by atoms with van der Waals surface area (Å²) in [7, 11) is 0. The highest BCUT2D eigenvalue weighted by Gasteiger charge is 2.41. The average molecular weight is 365 g/mol. The number of alkyl halides is 1. The van der Waals surface area contributed by atoms with Gasteiger partial charge in [-0.15, -0.1) is 0 Å². The maximum atomic E-state index is 6.15. The van der Waals surface area contributed by atoms with Crippen molar-refractivity contribution >= 4 is 22.6 Å². The van der Waals surface area contributed by atoms with Gasteiger partial charge in [-0.3, -0.25) is 4.98 Å². The van der Waals surface area contributed by atoms with E-state index in [-0.39, 0.29) is 11.5 Å². The number of ether oxygens (including phenoxy) is 1. The smallest absolute Gasteiger partial charge is 0.0945 e. The van der Waals surface area contributed by atoms with Gasteiger partial charge in [0.15, 0.2) is 0 Å². The zero-order valence-electron chi connectivity index (χ0n) is 10.8. The lowest BCUT2D eigenvalue weighted by molar-refractivity contribution is -0.0204. The number of nitrogens with zero attached hydrogens (tertiary/aromatic N) is 1. The second-order valence-electron chi connectivity index (χ2n) is 5.19. The lowest BCUT2D eigenvalue weighted by atomic mass is 9.73. The van der Waals surface area contributed by atoms with E-state index in [2.05, 4.69) is 64.8 Å². The number of fused-ring (bicyclic) bond motifs is 1. The number of hydrogen-bond donors (Lipinski definition) is 0. The molecule has 2 nitrogen and oxygen atoms in total. The van der Waals surface area contributed by atoms with E-state index < -0.39 is 0 Å². The lowest BCUT2D eigenvalue weighted by Gasteiger charge is -2.42. The Hall–Kier alpha value is -0.940. The first-order valence-corrected chi connectivity index (χ1v) is 7.94. The predicted molar refractivity (Wildman–Crippen MR) is 84.4 cm³/mol. The topological polar surface area (TPSA) is 22.1 Å². The Morgan fingerprint density at radius 3 is 2.89 bits per heavy atom. The van der Waals surface area contributed by atoms with Crippen molar-refractivity contribution in [3.05, 3.63) is 65.5 Å². The van der Waals surface area contributed by atoms with Crippen LogP contribution in [0.4, 0.5) is 0 Å². The molecule has 0 saturated heterocycles. The van der Waals surface area contributed by atoms with E-state index in [1.165, 1.54) is 11.1 Å². The Labute approximate surface area is 127 Å². The SMILES string of the molecule is C[C@]1(CI)c2ccccc2CO[C@H]1c1cccnc1. The van der Waals surface area contributed by atoms with Gasteiger partial charge < -0.3 is 4.74 Å². The molecule has 98 valence electrons. The summed E-state index contributed by atoms with van der Waals surface area (Å²) < 4.78 is 7.17. The lowest BCUT2D eigenvalue weighted by Crippen LogP contribution is -2.38. The predicted octanol–water partition coefficient (Wildman–Crippen LogP) is 4.05. The molecule has 0 saturated carbocycles. The van der Waals surface area contributed by atoms with E-state index in [0.717, 1.165) is 9.99 Å². The van der Waals surface area contributed by atoms with Crippen molar-refractivity contribution in [2.24, 2.45) is 0 Å². The van der Waals surface area contributed by atoms with Gasteiger partial charge in [-0.1, -0.05) is 59.8 Å². The normalized spacial score (nSPS) is 25.9. The first kappa shape index (κ1) is 13.1. The van der Waals surface area contributed by atoms with Gasteiger partial charge in [-0.05, 0) is 17.2 Å². The van der Waals surface area contributed by atoms with E-state index >= 15 is 0 Å². The molecule has 0 fully saturated rings. The molecule has 2 atom stereocenters. The third kappa shape index (κ3) is 2.19. The highest BCUT2D eigenvalue weighted by Crippen LogP contribution is 2.46. The fourth-order valence-corrected chi connectivity index (χ4v) is 3.65. The molecule has 3 heteroatoms. The van der Waals surface area contributed by atoms with Crippen molar-refractivity contribution in [1.29, 1.82) is 0 Å². The minimum absolute atomic E-state index is 0.00155. The minimum atomic E-state index is -0.00155. The highest BCUT2D eigenvalue weighted by atomic mass is 127. The van der Waals surface area contributed by atoms with Crippen molar-refractivity contribution in [2.45, 2.75) is 25.0 Å². The largest absolute Gasteiger partial charge is 0.368 e. The van der Waals surface area contributed by atoms with Crippen LogP contribution in [0, 0.1) is 0 Å². The fourth-order valence-electron chi connectivity index (χ4n) is 2.84. The van der Waals surface area contributed by atoms with Gasteiger partial charge in [-0.2, -0.15) is 0 Å². The first-order chi connectivity index (χ1) is 9.25. The zero-order chi connectivity index (χ0) is 13.3. The van der Waals surface area contributed by atoms with E-state index in [1.54, 1.807) is 0 Å². The molecule has 2 heterocycles. The second kappa shape index (κ2) is 5.21. The summed E-state index contributed by atoms with van der Waals surface area (Å²) in [6.45, 7) is 2.97. The molecule has 2 aromatic rings. The maximum absolute atomic E-state index is 6.15. The fraction of sp³-hybridized carbons (Fsp3) is 0.312. The average Bonchev–Trinajstić information content (AvgIpc) is 2.49. The van der Waals surface area contributed by atoms with Gasteiger partial charge in [0.25, 0.3) is 0 Å². The van der Waals surface area contributed by atoms with Crippen LogP contribution in [0.2, 0.25) is 0 Å². The number of halogens is 1. The van der Waals surface area contributed by atoms with E-state index in [4.69, 9.17) is 4.74 Å². The molecule has 1 aliphatic heterocycles. The van der Waals surface area contributed by atoms with Gasteiger partial charge in [0, 0.05) is 27.8 Å². The maximum Gasteiger partial charge on any atom is 0.0945 e. The summed E-state index contributed by atoms with van der Waals surface area (Å²) in [6, 6.07) is 12.7. The molecule has 0 amide bonds. The first-order valence-electron chi connectivity index (χ1n) is 6.41. The number of pyridine rings is 1. The van der Waals surface area contributed by atoms with Gasteiger partial charge in [-0.25, -0.2) is 0 Å². The number of aromatic nitrogens is 1. The molecule has 0 spiro atoms. The Bertz CT molecular complexity index is 572. The third-order valence-electron chi connectivity index (χ3n) is 3.88. The van der Waals surface area contributed by atoms with Crippen molar-refractivity contribution < 1.29 is 4.74 Å². The molecule has 3 rings (SSSR count). The number of benzene rings is 1. The highest BCUT2D eigenvalue weighted by molar-refractivity contribution is 14.1. The molecular formula is C16H16INO. The summed E-state index contributed by atoms with van der Waals surface area (Å²) in [5.74, 6) is 0. The van der Waals surface area contributed by atoms with E-state index in [0.29, 0.717) is 6.61 Å². The van der Waals surface area contributed by atoms with Gasteiger partial charge in [0.2, 0.25) is 0 Å². The number of hydrogen-bond acceptors (Lipinski definition) is 2.